The van der Waals surface area contributed by atoms with Crippen LogP contribution in [-0.2, 0) is 20.7 Å². The lowest BCUT2D eigenvalue weighted by Gasteiger charge is -2.25. The van der Waals surface area contributed by atoms with E-state index in [1.807, 2.05) is 30.3 Å². The second-order valence-corrected chi connectivity index (χ2v) is 10.2. The van der Waals surface area contributed by atoms with Gasteiger partial charge in [0.1, 0.15) is 17.5 Å². The van der Waals surface area contributed by atoms with Crippen LogP contribution >= 0.6 is 0 Å². The Morgan fingerprint density at radius 2 is 1.59 bits per heavy atom. The summed E-state index contributed by atoms with van der Waals surface area (Å²) in [5.41, 5.74) is 1.51. The molecule has 0 fully saturated rings. The summed E-state index contributed by atoms with van der Waals surface area (Å²) in [6.45, 7) is 5.15. The molecule has 1 aliphatic rings. The Kier molecular flexibility index (Phi) is 8.09. The van der Waals surface area contributed by atoms with Crippen LogP contribution in [0, 0.1) is 5.82 Å². The first-order chi connectivity index (χ1) is 18.5. The number of rotatable bonds is 6. The van der Waals surface area contributed by atoms with Gasteiger partial charge < -0.3 is 20.3 Å². The number of para-hydroxylation sites is 1. The first kappa shape index (κ1) is 27.5. The van der Waals surface area contributed by atoms with Crippen LogP contribution in [0.1, 0.15) is 37.5 Å². The van der Waals surface area contributed by atoms with Gasteiger partial charge in [-0.15, -0.1) is 0 Å². The molecule has 0 saturated carbocycles. The number of anilines is 1. The lowest BCUT2D eigenvalue weighted by Crippen LogP contribution is -2.54. The van der Waals surface area contributed by atoms with E-state index in [0.717, 1.165) is 5.56 Å². The first-order valence-electron chi connectivity index (χ1n) is 12.6. The molecule has 9 heteroatoms. The molecule has 39 heavy (non-hydrogen) atoms. The molecule has 0 saturated heterocycles. The van der Waals surface area contributed by atoms with Gasteiger partial charge in [-0.25, -0.2) is 14.2 Å². The average molecular weight is 531 g/mol. The minimum Gasteiger partial charge on any atom is -0.444 e. The Bertz CT molecular complexity index is 1400. The Hall–Kier alpha value is -4.53. The molecule has 3 amide bonds. The van der Waals surface area contributed by atoms with Gasteiger partial charge in [-0.1, -0.05) is 60.7 Å². The summed E-state index contributed by atoms with van der Waals surface area (Å²) >= 11 is 0. The number of carbonyl (C=O) groups excluding carboxylic acids is 3. The normalized spacial score (nSPS) is 15.9. The van der Waals surface area contributed by atoms with E-state index in [2.05, 4.69) is 15.6 Å². The molecule has 0 aromatic heterocycles. The van der Waals surface area contributed by atoms with Gasteiger partial charge in [-0.3, -0.25) is 9.59 Å². The predicted octanol–water partition coefficient (Wildman–Crippen LogP) is 4.22. The number of benzodiazepines with no additional fused rings is 1. The van der Waals surface area contributed by atoms with Gasteiger partial charge in [0.05, 0.1) is 11.4 Å². The van der Waals surface area contributed by atoms with E-state index in [-0.39, 0.29) is 17.7 Å². The lowest BCUT2D eigenvalue weighted by molar-refractivity contribution is -0.128. The summed E-state index contributed by atoms with van der Waals surface area (Å²) < 4.78 is 20.3. The minimum absolute atomic E-state index is 0.146. The van der Waals surface area contributed by atoms with E-state index in [1.54, 1.807) is 70.3 Å². The van der Waals surface area contributed by atoms with Gasteiger partial charge in [0, 0.05) is 24.6 Å². The molecule has 202 valence electrons. The molecule has 3 aromatic rings. The van der Waals surface area contributed by atoms with Gasteiger partial charge in [0.15, 0.2) is 0 Å². The third-order valence-corrected chi connectivity index (χ3v) is 6.04. The van der Waals surface area contributed by atoms with Crippen molar-refractivity contribution >= 4 is 29.3 Å². The Balaban J connectivity index is 1.69. The summed E-state index contributed by atoms with van der Waals surface area (Å²) in [4.78, 5) is 45.6. The summed E-state index contributed by atoms with van der Waals surface area (Å²) in [7, 11) is 1.57. The van der Waals surface area contributed by atoms with Crippen molar-refractivity contribution in [1.29, 1.82) is 0 Å². The molecule has 4 rings (SSSR count). The number of likely N-dealkylation sites (N-methyl/N-ethyl adjacent to an activating group) is 1. The van der Waals surface area contributed by atoms with Gasteiger partial charge in [0.2, 0.25) is 12.1 Å². The molecule has 0 radical (unpaired) electrons. The third kappa shape index (κ3) is 6.67. The van der Waals surface area contributed by atoms with Crippen molar-refractivity contribution in [3.8, 4) is 0 Å². The number of halogens is 1. The van der Waals surface area contributed by atoms with Crippen molar-refractivity contribution in [1.82, 2.24) is 10.6 Å². The van der Waals surface area contributed by atoms with Gasteiger partial charge >= 0.3 is 6.09 Å². The third-order valence-electron chi connectivity index (χ3n) is 6.04. The Morgan fingerprint density at radius 1 is 0.974 bits per heavy atom. The number of nitrogens with zero attached hydrogens (tertiary/aromatic N) is 2. The number of hydrogen-bond donors (Lipinski definition) is 2. The number of amides is 3. The standard InChI is InChI=1S/C30H31FN4O4/c1-30(2,3)39-29(38)32-23(18-19-12-6-5-7-13-19)27(36)34-26-28(37)35(4)24-17-11-9-15-21(24)25(33-26)20-14-8-10-16-22(20)31/h5-17,23,26H,18H2,1-4H3,(H,32,38)(H,34,36)/t23-,26-/m1/s1. The quantitative estimate of drug-likeness (QED) is 0.499. The van der Waals surface area contributed by atoms with Crippen molar-refractivity contribution in [2.75, 3.05) is 11.9 Å². The van der Waals surface area contributed by atoms with Crippen LogP contribution in [0.15, 0.2) is 83.9 Å². The van der Waals surface area contributed by atoms with Crippen LogP contribution in [0.2, 0.25) is 0 Å². The number of alkyl carbamates (subject to hydrolysis) is 1. The fourth-order valence-corrected chi connectivity index (χ4v) is 4.23. The maximum atomic E-state index is 14.9. The summed E-state index contributed by atoms with van der Waals surface area (Å²) in [6.07, 6.45) is -2.00. The number of carbonyl (C=O) groups is 3. The second kappa shape index (κ2) is 11.5. The molecule has 0 unspecified atom stereocenters. The van der Waals surface area contributed by atoms with Crippen LogP contribution in [0.4, 0.5) is 14.9 Å². The fraction of sp³-hybridized carbons (Fsp3) is 0.267. The van der Waals surface area contributed by atoms with Crippen molar-refractivity contribution in [2.45, 2.75) is 45.0 Å². The molecule has 0 spiro atoms. The highest BCUT2D eigenvalue weighted by Crippen LogP contribution is 2.28. The largest absolute Gasteiger partial charge is 0.444 e. The van der Waals surface area contributed by atoms with Gasteiger partial charge in [-0.2, -0.15) is 0 Å². The highest BCUT2D eigenvalue weighted by Gasteiger charge is 2.34. The van der Waals surface area contributed by atoms with E-state index in [4.69, 9.17) is 4.74 Å². The average Bonchev–Trinajstić information content (AvgIpc) is 2.99. The van der Waals surface area contributed by atoms with E-state index in [1.165, 1.54) is 11.0 Å². The monoisotopic (exact) mass is 530 g/mol. The molecule has 3 aromatic carbocycles. The van der Waals surface area contributed by atoms with Gasteiger partial charge in [0.25, 0.3) is 5.91 Å². The van der Waals surface area contributed by atoms with Crippen molar-refractivity contribution < 1.29 is 23.5 Å². The molecular formula is C30H31FN4O4. The molecule has 0 aliphatic carbocycles. The zero-order valence-electron chi connectivity index (χ0n) is 22.3. The summed E-state index contributed by atoms with van der Waals surface area (Å²) in [5, 5.41) is 5.29. The number of aliphatic imine (C=N–C) groups is 1. The molecule has 2 N–H and O–H groups in total. The van der Waals surface area contributed by atoms with E-state index < -0.39 is 41.5 Å². The zero-order chi connectivity index (χ0) is 28.2. The van der Waals surface area contributed by atoms with E-state index in [9.17, 15) is 18.8 Å². The molecule has 8 nitrogen and oxygen atoms in total. The number of benzene rings is 3. The fourth-order valence-electron chi connectivity index (χ4n) is 4.23. The topological polar surface area (TPSA) is 100 Å². The van der Waals surface area contributed by atoms with Gasteiger partial charge in [-0.05, 0) is 44.5 Å². The second-order valence-electron chi connectivity index (χ2n) is 10.2. The minimum atomic E-state index is -1.37. The SMILES string of the molecule is CN1C(=O)[C@@H](NC(=O)[C@@H](Cc2ccccc2)NC(=O)OC(C)(C)C)N=C(c2ccccc2F)c2ccccc21. The predicted molar refractivity (Wildman–Crippen MR) is 147 cm³/mol. The van der Waals surface area contributed by atoms with Crippen LogP contribution in [0.3, 0.4) is 0 Å². The number of ether oxygens (including phenoxy) is 1. The maximum Gasteiger partial charge on any atom is 0.408 e. The molecule has 0 bridgehead atoms. The summed E-state index contributed by atoms with van der Waals surface area (Å²) in [6, 6.07) is 21.2. The Morgan fingerprint density at radius 3 is 2.26 bits per heavy atom. The molecule has 1 aliphatic heterocycles. The number of nitrogens with one attached hydrogen (secondary N) is 2. The highest BCUT2D eigenvalue weighted by molar-refractivity contribution is 6.20. The van der Waals surface area contributed by atoms with Crippen LogP contribution < -0.4 is 15.5 Å². The Labute approximate surface area is 226 Å². The first-order valence-corrected chi connectivity index (χ1v) is 12.6. The highest BCUT2D eigenvalue weighted by atomic mass is 19.1. The van der Waals surface area contributed by atoms with Crippen LogP contribution in [-0.4, -0.2) is 48.5 Å². The van der Waals surface area contributed by atoms with E-state index >= 15 is 0 Å². The molecule has 2 atom stereocenters. The lowest BCUT2D eigenvalue weighted by atomic mass is 10.00. The maximum absolute atomic E-state index is 14.9. The number of fused-ring (bicyclic) bond motifs is 1. The smallest absolute Gasteiger partial charge is 0.408 e. The molecule has 1 heterocycles. The van der Waals surface area contributed by atoms with Crippen molar-refractivity contribution in [3.05, 3.63) is 101 Å². The molecular weight excluding hydrogens is 499 g/mol. The van der Waals surface area contributed by atoms with Crippen LogP contribution in [0.25, 0.3) is 0 Å². The van der Waals surface area contributed by atoms with E-state index in [0.29, 0.717) is 11.3 Å². The number of hydrogen-bond acceptors (Lipinski definition) is 5. The van der Waals surface area contributed by atoms with Crippen LogP contribution in [0.5, 0.6) is 0 Å². The van der Waals surface area contributed by atoms with Crippen molar-refractivity contribution in [2.24, 2.45) is 4.99 Å². The van der Waals surface area contributed by atoms with Crippen molar-refractivity contribution in [3.63, 3.8) is 0 Å². The summed E-state index contributed by atoms with van der Waals surface area (Å²) in [5.74, 6) is -1.67. The zero-order valence-corrected chi connectivity index (χ0v) is 22.3.